The van der Waals surface area contributed by atoms with Crippen molar-refractivity contribution in [3.05, 3.63) is 85.6 Å². The third-order valence-corrected chi connectivity index (χ3v) is 5.25. The fraction of sp³-hybridized carbons (Fsp3) is 0.100. The molecular weight excluding hydrogens is 385 g/mol. The second-order valence-corrected chi connectivity index (χ2v) is 7.11. The van der Waals surface area contributed by atoms with Crippen LogP contribution in [0, 0.1) is 0 Å². The molecule has 4 rings (SSSR count). The topological polar surface area (TPSA) is 48.9 Å². The molecule has 2 aromatic heterocycles. The first-order valence-electron chi connectivity index (χ1n) is 8.22. The molecule has 27 heavy (non-hydrogen) atoms. The van der Waals surface area contributed by atoms with Crippen molar-refractivity contribution in [1.29, 1.82) is 0 Å². The van der Waals surface area contributed by atoms with Crippen LogP contribution in [0.4, 0.5) is 0 Å². The number of hydrogen-bond acceptors (Lipinski definition) is 2. The summed E-state index contributed by atoms with van der Waals surface area (Å²) in [5.74, 6) is 0. The molecule has 136 valence electrons. The van der Waals surface area contributed by atoms with Gasteiger partial charge in [-0.15, -0.1) is 0 Å². The van der Waals surface area contributed by atoms with Gasteiger partial charge in [-0.3, -0.25) is 13.9 Å². The molecule has 4 aromatic rings. The van der Waals surface area contributed by atoms with Gasteiger partial charge in [0, 0.05) is 41.6 Å². The standard InChI is InChI=1S/C20H15Cl2N3O2/c1-23-16-11-25(13-9-7-12(21)8-10-13)18(14-5-3-4-6-15(14)22)17(16)19(26)24(2)20(23)27/h3-11H,1-2H3. The third kappa shape index (κ3) is 2.71. The van der Waals surface area contributed by atoms with Crippen LogP contribution in [0.2, 0.25) is 10.0 Å². The van der Waals surface area contributed by atoms with Gasteiger partial charge in [-0.25, -0.2) is 4.79 Å². The largest absolute Gasteiger partial charge is 0.330 e. The summed E-state index contributed by atoms with van der Waals surface area (Å²) in [7, 11) is 3.12. The van der Waals surface area contributed by atoms with Gasteiger partial charge in [0.15, 0.2) is 0 Å². The lowest BCUT2D eigenvalue weighted by atomic mass is 10.1. The Bertz CT molecular complexity index is 1300. The number of aromatic nitrogens is 3. The maximum Gasteiger partial charge on any atom is 0.330 e. The van der Waals surface area contributed by atoms with Crippen LogP contribution >= 0.6 is 23.2 Å². The lowest BCUT2D eigenvalue weighted by Gasteiger charge is -2.11. The van der Waals surface area contributed by atoms with Crippen LogP contribution < -0.4 is 11.2 Å². The second-order valence-electron chi connectivity index (χ2n) is 6.27. The first kappa shape index (κ1) is 17.6. The quantitative estimate of drug-likeness (QED) is 0.511. The number of fused-ring (bicyclic) bond motifs is 1. The van der Waals surface area contributed by atoms with Crippen molar-refractivity contribution in [2.24, 2.45) is 14.1 Å². The molecule has 2 heterocycles. The highest BCUT2D eigenvalue weighted by molar-refractivity contribution is 6.33. The molecule has 0 bridgehead atoms. The fourth-order valence-electron chi connectivity index (χ4n) is 3.26. The number of aryl methyl sites for hydroxylation is 1. The van der Waals surface area contributed by atoms with Crippen LogP contribution in [0.5, 0.6) is 0 Å². The summed E-state index contributed by atoms with van der Waals surface area (Å²) < 4.78 is 4.43. The van der Waals surface area contributed by atoms with Crippen LogP contribution in [0.25, 0.3) is 27.8 Å². The van der Waals surface area contributed by atoms with Gasteiger partial charge in [0.25, 0.3) is 5.56 Å². The molecule has 0 amide bonds. The van der Waals surface area contributed by atoms with Gasteiger partial charge in [0.1, 0.15) is 0 Å². The zero-order valence-corrected chi connectivity index (χ0v) is 16.1. The Kier molecular flexibility index (Phi) is 4.21. The van der Waals surface area contributed by atoms with Crippen LogP contribution in [-0.2, 0) is 14.1 Å². The first-order chi connectivity index (χ1) is 12.9. The highest BCUT2D eigenvalue weighted by Crippen LogP contribution is 2.35. The predicted octanol–water partition coefficient (Wildman–Crippen LogP) is 4.00. The Balaban J connectivity index is 2.23. The van der Waals surface area contributed by atoms with Gasteiger partial charge in [0.05, 0.1) is 16.6 Å². The highest BCUT2D eigenvalue weighted by Gasteiger charge is 2.21. The zero-order chi connectivity index (χ0) is 19.3. The normalized spacial score (nSPS) is 11.3. The van der Waals surface area contributed by atoms with Gasteiger partial charge in [-0.05, 0) is 30.3 Å². The molecular formula is C20H15Cl2N3O2. The van der Waals surface area contributed by atoms with Crippen molar-refractivity contribution in [3.8, 4) is 16.9 Å². The smallest absolute Gasteiger partial charge is 0.314 e. The Morgan fingerprint density at radius 2 is 1.52 bits per heavy atom. The highest BCUT2D eigenvalue weighted by atomic mass is 35.5. The van der Waals surface area contributed by atoms with Crippen molar-refractivity contribution >= 4 is 34.1 Å². The number of rotatable bonds is 2. The molecule has 7 heteroatoms. The van der Waals surface area contributed by atoms with Gasteiger partial charge < -0.3 is 4.57 Å². The molecule has 0 N–H and O–H groups in total. The minimum Gasteiger partial charge on any atom is -0.314 e. The van der Waals surface area contributed by atoms with E-state index in [1.54, 1.807) is 31.4 Å². The third-order valence-electron chi connectivity index (χ3n) is 4.67. The van der Waals surface area contributed by atoms with Gasteiger partial charge in [0.2, 0.25) is 0 Å². The maximum absolute atomic E-state index is 13.0. The predicted molar refractivity (Wildman–Crippen MR) is 109 cm³/mol. The van der Waals surface area contributed by atoms with E-state index in [0.717, 1.165) is 10.3 Å². The first-order valence-corrected chi connectivity index (χ1v) is 8.97. The molecule has 0 saturated carbocycles. The number of nitrogens with zero attached hydrogens (tertiary/aromatic N) is 3. The lowest BCUT2D eigenvalue weighted by molar-refractivity contribution is 0.714. The maximum atomic E-state index is 13.0. The van der Waals surface area contributed by atoms with E-state index < -0.39 is 0 Å². The molecule has 0 aliphatic rings. The van der Waals surface area contributed by atoms with Crippen LogP contribution in [0.3, 0.4) is 0 Å². The van der Waals surface area contributed by atoms with Crippen molar-refractivity contribution in [1.82, 2.24) is 13.7 Å². The number of halogens is 2. The monoisotopic (exact) mass is 399 g/mol. The molecule has 0 unspecified atom stereocenters. The van der Waals surface area contributed by atoms with Crippen molar-refractivity contribution in [2.45, 2.75) is 0 Å². The summed E-state index contributed by atoms with van der Waals surface area (Å²) in [6, 6.07) is 14.6. The minimum atomic E-state index is -0.383. The van der Waals surface area contributed by atoms with Crippen molar-refractivity contribution in [2.75, 3.05) is 0 Å². The molecule has 0 aliphatic carbocycles. The lowest BCUT2D eigenvalue weighted by Crippen LogP contribution is -2.36. The Morgan fingerprint density at radius 3 is 2.19 bits per heavy atom. The van der Waals surface area contributed by atoms with Gasteiger partial charge in [-0.1, -0.05) is 41.4 Å². The average molecular weight is 400 g/mol. The van der Waals surface area contributed by atoms with E-state index in [4.69, 9.17) is 23.2 Å². The van der Waals surface area contributed by atoms with Crippen molar-refractivity contribution < 1.29 is 0 Å². The summed E-state index contributed by atoms with van der Waals surface area (Å²) >= 11 is 12.5. The molecule has 0 saturated heterocycles. The van der Waals surface area contributed by atoms with E-state index in [1.807, 2.05) is 34.9 Å². The van der Waals surface area contributed by atoms with Crippen LogP contribution in [-0.4, -0.2) is 13.7 Å². The van der Waals surface area contributed by atoms with E-state index >= 15 is 0 Å². The van der Waals surface area contributed by atoms with Crippen LogP contribution in [0.1, 0.15) is 0 Å². The fourth-order valence-corrected chi connectivity index (χ4v) is 3.62. The van der Waals surface area contributed by atoms with Crippen molar-refractivity contribution in [3.63, 3.8) is 0 Å². The summed E-state index contributed by atoms with van der Waals surface area (Å²) in [4.78, 5) is 25.4. The Morgan fingerprint density at radius 1 is 0.852 bits per heavy atom. The van der Waals surface area contributed by atoms with Gasteiger partial charge >= 0.3 is 5.69 Å². The van der Waals surface area contributed by atoms with E-state index in [9.17, 15) is 9.59 Å². The molecule has 0 aliphatic heterocycles. The van der Waals surface area contributed by atoms with E-state index in [2.05, 4.69) is 0 Å². The molecule has 2 aromatic carbocycles. The second kappa shape index (κ2) is 6.44. The number of hydrogen-bond donors (Lipinski definition) is 0. The molecule has 0 spiro atoms. The SMILES string of the molecule is Cn1c(=O)c2c(-c3ccccc3Cl)n(-c3ccc(Cl)cc3)cc2n(C)c1=O. The van der Waals surface area contributed by atoms with E-state index in [-0.39, 0.29) is 11.2 Å². The number of benzene rings is 2. The average Bonchev–Trinajstić information content (AvgIpc) is 3.06. The van der Waals surface area contributed by atoms with E-state index in [1.165, 1.54) is 11.6 Å². The van der Waals surface area contributed by atoms with Gasteiger partial charge in [-0.2, -0.15) is 0 Å². The Labute approximate surface area is 164 Å². The van der Waals surface area contributed by atoms with Crippen LogP contribution in [0.15, 0.2) is 64.3 Å². The molecule has 0 atom stereocenters. The summed E-state index contributed by atoms with van der Waals surface area (Å²) in [6.45, 7) is 0. The van der Waals surface area contributed by atoms with E-state index in [0.29, 0.717) is 32.2 Å². The minimum absolute atomic E-state index is 0.365. The Hall–Kier alpha value is -2.76. The summed E-state index contributed by atoms with van der Waals surface area (Å²) in [5.41, 5.74) is 1.93. The summed E-state index contributed by atoms with van der Waals surface area (Å²) in [6.07, 6.45) is 1.78. The summed E-state index contributed by atoms with van der Waals surface area (Å²) in [5, 5.41) is 1.56. The molecule has 5 nitrogen and oxygen atoms in total. The molecule has 0 fully saturated rings. The molecule has 0 radical (unpaired) electrons. The zero-order valence-electron chi connectivity index (χ0n) is 14.6.